The highest BCUT2D eigenvalue weighted by Crippen LogP contribution is 2.47. The molecular weight excluding hydrogens is 260 g/mol. The SMILES string of the molecule is CC1(C)CCC(C(=O)O)C(c2cccc(C3CCC3)c2)C1. The molecule has 2 atom stereocenters. The predicted octanol–water partition coefficient (Wildman–Crippen LogP) is 4.95. The largest absolute Gasteiger partial charge is 0.481 e. The van der Waals surface area contributed by atoms with Gasteiger partial charge in [0, 0.05) is 0 Å². The first kappa shape index (κ1) is 14.6. The molecule has 2 nitrogen and oxygen atoms in total. The molecule has 2 fully saturated rings. The van der Waals surface area contributed by atoms with Gasteiger partial charge in [-0.1, -0.05) is 44.5 Å². The number of hydrogen-bond acceptors (Lipinski definition) is 1. The van der Waals surface area contributed by atoms with Crippen LogP contribution in [0.1, 0.15) is 75.3 Å². The van der Waals surface area contributed by atoms with Crippen molar-refractivity contribution in [2.24, 2.45) is 11.3 Å². The number of benzene rings is 1. The van der Waals surface area contributed by atoms with Crippen molar-refractivity contribution < 1.29 is 9.90 Å². The van der Waals surface area contributed by atoms with Crippen molar-refractivity contribution in [2.75, 3.05) is 0 Å². The summed E-state index contributed by atoms with van der Waals surface area (Å²) in [5.74, 6) is 0.0512. The van der Waals surface area contributed by atoms with Gasteiger partial charge in [0.05, 0.1) is 5.92 Å². The minimum Gasteiger partial charge on any atom is -0.481 e. The van der Waals surface area contributed by atoms with Gasteiger partial charge in [0.2, 0.25) is 0 Å². The highest BCUT2D eigenvalue weighted by atomic mass is 16.4. The highest BCUT2D eigenvalue weighted by molar-refractivity contribution is 5.71. The molecule has 0 radical (unpaired) electrons. The molecule has 0 aromatic heterocycles. The predicted molar refractivity (Wildman–Crippen MR) is 84.5 cm³/mol. The molecular formula is C19H26O2. The van der Waals surface area contributed by atoms with E-state index in [4.69, 9.17) is 0 Å². The van der Waals surface area contributed by atoms with Crippen LogP contribution in [0.5, 0.6) is 0 Å². The number of carboxylic acid groups (broad SMARTS) is 1. The van der Waals surface area contributed by atoms with E-state index in [2.05, 4.69) is 38.1 Å². The maximum Gasteiger partial charge on any atom is 0.307 e. The summed E-state index contributed by atoms with van der Waals surface area (Å²) in [6, 6.07) is 8.79. The molecule has 0 amide bonds. The molecule has 0 saturated heterocycles. The topological polar surface area (TPSA) is 37.3 Å². The second-order valence-corrected chi connectivity index (χ2v) is 7.76. The number of aliphatic carboxylic acids is 1. The number of hydrogen-bond donors (Lipinski definition) is 1. The van der Waals surface area contributed by atoms with Crippen LogP contribution >= 0.6 is 0 Å². The molecule has 2 aliphatic carbocycles. The van der Waals surface area contributed by atoms with E-state index in [1.54, 1.807) is 0 Å². The van der Waals surface area contributed by atoms with Gasteiger partial charge in [-0.15, -0.1) is 0 Å². The zero-order chi connectivity index (χ0) is 15.0. The molecule has 0 heterocycles. The second kappa shape index (κ2) is 5.47. The van der Waals surface area contributed by atoms with Crippen LogP contribution in [0.4, 0.5) is 0 Å². The lowest BCUT2D eigenvalue weighted by atomic mass is 9.65. The molecule has 2 unspecified atom stereocenters. The van der Waals surface area contributed by atoms with Crippen LogP contribution in [0.25, 0.3) is 0 Å². The maximum atomic E-state index is 11.6. The molecule has 1 N–H and O–H groups in total. The summed E-state index contributed by atoms with van der Waals surface area (Å²) in [6.07, 6.45) is 6.73. The van der Waals surface area contributed by atoms with Crippen LogP contribution in [-0.4, -0.2) is 11.1 Å². The van der Waals surface area contributed by atoms with Gasteiger partial charge in [0.25, 0.3) is 0 Å². The zero-order valence-electron chi connectivity index (χ0n) is 13.1. The van der Waals surface area contributed by atoms with E-state index >= 15 is 0 Å². The molecule has 0 bridgehead atoms. The first-order valence-electron chi connectivity index (χ1n) is 8.29. The summed E-state index contributed by atoms with van der Waals surface area (Å²) in [5.41, 5.74) is 2.93. The van der Waals surface area contributed by atoms with Gasteiger partial charge in [-0.3, -0.25) is 4.79 Å². The lowest BCUT2D eigenvalue weighted by molar-refractivity contribution is -0.144. The van der Waals surface area contributed by atoms with Crippen LogP contribution in [0, 0.1) is 11.3 Å². The van der Waals surface area contributed by atoms with E-state index in [0.29, 0.717) is 5.92 Å². The van der Waals surface area contributed by atoms with Crippen molar-refractivity contribution in [3.8, 4) is 0 Å². The Morgan fingerprint density at radius 2 is 1.90 bits per heavy atom. The Morgan fingerprint density at radius 1 is 1.19 bits per heavy atom. The van der Waals surface area contributed by atoms with Crippen LogP contribution in [0.3, 0.4) is 0 Å². The summed E-state index contributed by atoms with van der Waals surface area (Å²) in [7, 11) is 0. The summed E-state index contributed by atoms with van der Waals surface area (Å²) in [6.45, 7) is 4.54. The standard InChI is InChI=1S/C19H26O2/c1-19(2)10-9-16(18(20)21)17(12-19)15-8-4-7-14(11-15)13-5-3-6-13/h4,7-8,11,13,16-17H,3,5-6,9-10,12H2,1-2H3,(H,20,21). The van der Waals surface area contributed by atoms with Crippen molar-refractivity contribution >= 4 is 5.97 Å². The lowest BCUT2D eigenvalue weighted by Crippen LogP contribution is -2.33. The van der Waals surface area contributed by atoms with Gasteiger partial charge in [-0.2, -0.15) is 0 Å². The van der Waals surface area contributed by atoms with Gasteiger partial charge >= 0.3 is 5.97 Å². The van der Waals surface area contributed by atoms with Gasteiger partial charge in [-0.25, -0.2) is 0 Å². The second-order valence-electron chi connectivity index (χ2n) is 7.76. The molecule has 2 aliphatic rings. The molecule has 0 aliphatic heterocycles. The van der Waals surface area contributed by atoms with E-state index in [9.17, 15) is 9.90 Å². The minimum atomic E-state index is -0.621. The van der Waals surface area contributed by atoms with Crippen molar-refractivity contribution in [3.05, 3.63) is 35.4 Å². The molecule has 1 aromatic rings. The third kappa shape index (κ3) is 3.00. The van der Waals surface area contributed by atoms with Gasteiger partial charge < -0.3 is 5.11 Å². The van der Waals surface area contributed by atoms with Crippen LogP contribution in [0.2, 0.25) is 0 Å². The Kier molecular flexibility index (Phi) is 3.81. The number of carboxylic acids is 1. The molecule has 21 heavy (non-hydrogen) atoms. The van der Waals surface area contributed by atoms with E-state index in [1.807, 2.05) is 0 Å². The van der Waals surface area contributed by atoms with Crippen LogP contribution in [-0.2, 0) is 4.79 Å². The zero-order valence-corrected chi connectivity index (χ0v) is 13.1. The Bertz CT molecular complexity index is 528. The third-order valence-corrected chi connectivity index (χ3v) is 5.62. The summed E-state index contributed by atoms with van der Waals surface area (Å²) >= 11 is 0. The van der Waals surface area contributed by atoms with Gasteiger partial charge in [0.1, 0.15) is 0 Å². The number of carbonyl (C=O) groups is 1. The Labute approximate surface area is 127 Å². The monoisotopic (exact) mass is 286 g/mol. The first-order chi connectivity index (χ1) is 9.96. The average Bonchev–Trinajstić information content (AvgIpc) is 2.35. The first-order valence-corrected chi connectivity index (χ1v) is 8.29. The van der Waals surface area contributed by atoms with E-state index < -0.39 is 5.97 Å². The highest BCUT2D eigenvalue weighted by Gasteiger charge is 2.39. The smallest absolute Gasteiger partial charge is 0.307 e. The van der Waals surface area contributed by atoms with Crippen molar-refractivity contribution in [1.29, 1.82) is 0 Å². The minimum absolute atomic E-state index is 0.172. The Hall–Kier alpha value is -1.31. The van der Waals surface area contributed by atoms with Gasteiger partial charge in [-0.05, 0) is 60.5 Å². The molecule has 2 heteroatoms. The van der Waals surface area contributed by atoms with Crippen LogP contribution in [0.15, 0.2) is 24.3 Å². The molecule has 114 valence electrons. The third-order valence-electron chi connectivity index (χ3n) is 5.62. The Morgan fingerprint density at radius 3 is 2.52 bits per heavy atom. The van der Waals surface area contributed by atoms with Crippen molar-refractivity contribution in [2.45, 2.75) is 64.2 Å². The van der Waals surface area contributed by atoms with Crippen molar-refractivity contribution in [3.63, 3.8) is 0 Å². The van der Waals surface area contributed by atoms with Crippen LogP contribution < -0.4 is 0 Å². The molecule has 1 aromatic carbocycles. The fourth-order valence-corrected chi connectivity index (χ4v) is 4.02. The summed E-state index contributed by atoms with van der Waals surface area (Å²) < 4.78 is 0. The number of rotatable bonds is 3. The fourth-order valence-electron chi connectivity index (χ4n) is 4.02. The van der Waals surface area contributed by atoms with Crippen molar-refractivity contribution in [1.82, 2.24) is 0 Å². The molecule has 0 spiro atoms. The fraction of sp³-hybridized carbons (Fsp3) is 0.632. The van der Waals surface area contributed by atoms with E-state index in [0.717, 1.165) is 19.3 Å². The summed E-state index contributed by atoms with van der Waals surface area (Å²) in [4.78, 5) is 11.6. The van der Waals surface area contributed by atoms with E-state index in [-0.39, 0.29) is 17.3 Å². The quantitative estimate of drug-likeness (QED) is 0.853. The average molecular weight is 286 g/mol. The lowest BCUT2D eigenvalue weighted by Gasteiger charge is -2.39. The molecule has 2 saturated carbocycles. The Balaban J connectivity index is 1.89. The van der Waals surface area contributed by atoms with E-state index in [1.165, 1.54) is 30.4 Å². The normalized spacial score (nSPS) is 28.9. The van der Waals surface area contributed by atoms with Gasteiger partial charge in [0.15, 0.2) is 0 Å². The molecule has 3 rings (SSSR count). The summed E-state index contributed by atoms with van der Waals surface area (Å²) in [5, 5.41) is 9.58. The maximum absolute atomic E-state index is 11.6.